The number of benzene rings is 3. The summed E-state index contributed by atoms with van der Waals surface area (Å²) < 4.78 is 6.25. The molecule has 0 aliphatic rings. The average molecular weight is 606 g/mol. The largest absolute Gasteiger partial charge is 0.307 e. The van der Waals surface area contributed by atoms with Crippen molar-refractivity contribution in [1.29, 1.82) is 0 Å². The summed E-state index contributed by atoms with van der Waals surface area (Å²) in [6.07, 6.45) is 0.812. The molecule has 0 unspecified atom stereocenters. The number of halogens is 1. The summed E-state index contributed by atoms with van der Waals surface area (Å²) in [5.41, 5.74) is 5.92. The van der Waals surface area contributed by atoms with E-state index >= 15 is 0 Å². The second-order valence-electron chi connectivity index (χ2n) is 9.37. The van der Waals surface area contributed by atoms with E-state index in [1.165, 1.54) is 27.2 Å². The van der Waals surface area contributed by atoms with Gasteiger partial charge in [-0.05, 0) is 83.7 Å². The van der Waals surface area contributed by atoms with Gasteiger partial charge in [-0.15, -0.1) is 11.3 Å². The van der Waals surface area contributed by atoms with Gasteiger partial charge in [0.2, 0.25) is 0 Å². The van der Waals surface area contributed by atoms with Gasteiger partial charge in [0.25, 0.3) is 5.56 Å². The third-order valence-corrected chi connectivity index (χ3v) is 10.4. The van der Waals surface area contributed by atoms with Gasteiger partial charge in [0.05, 0.1) is 5.69 Å². The Hall–Kier alpha value is -2.75. The van der Waals surface area contributed by atoms with Crippen molar-refractivity contribution in [3.63, 3.8) is 0 Å². The normalized spacial score (nSPS) is 11.6. The number of aryl methyl sites for hydroxylation is 4. The predicted molar refractivity (Wildman–Crippen MR) is 170 cm³/mol. The van der Waals surface area contributed by atoms with E-state index in [0.717, 1.165) is 33.6 Å². The summed E-state index contributed by atoms with van der Waals surface area (Å²) in [7, 11) is 0. The SMILES string of the molecule is Cc1cccc(C)c1-n1c(SCc2csc3ccc(Cl)cc23)nc2c(sc(=S)n2CCc2ccccc2)c1=O. The first-order valence-electron chi connectivity index (χ1n) is 12.5. The number of nitrogens with zero attached hydrogens (tertiary/aromatic N) is 3. The van der Waals surface area contributed by atoms with Gasteiger partial charge in [-0.3, -0.25) is 9.36 Å². The first-order chi connectivity index (χ1) is 18.9. The molecule has 0 saturated heterocycles. The maximum absolute atomic E-state index is 14.2. The highest BCUT2D eigenvalue weighted by Gasteiger charge is 2.21. The van der Waals surface area contributed by atoms with Crippen LogP contribution in [0.25, 0.3) is 26.1 Å². The van der Waals surface area contributed by atoms with E-state index in [1.807, 2.05) is 66.9 Å². The van der Waals surface area contributed by atoms with Gasteiger partial charge < -0.3 is 4.57 Å². The highest BCUT2D eigenvalue weighted by Crippen LogP contribution is 2.34. The lowest BCUT2D eigenvalue weighted by molar-refractivity contribution is 0.700. The van der Waals surface area contributed by atoms with Crippen molar-refractivity contribution in [2.45, 2.75) is 37.7 Å². The number of hydrogen-bond donors (Lipinski definition) is 0. The number of para-hydroxylation sites is 1. The molecular formula is C30H24ClN3OS4. The molecule has 0 radical (unpaired) electrons. The molecule has 9 heteroatoms. The molecule has 0 saturated carbocycles. The van der Waals surface area contributed by atoms with Crippen molar-refractivity contribution in [3.8, 4) is 5.69 Å². The van der Waals surface area contributed by atoms with Crippen LogP contribution in [-0.4, -0.2) is 14.1 Å². The standard InChI is InChI=1S/C30H24ClN3OS4/c1-18-7-6-8-19(2)25(18)34-28(35)26-27(33(30(36)39-26)14-13-20-9-4-3-5-10-20)32-29(34)38-17-21-16-37-24-12-11-22(31)15-23(21)24/h3-12,15-16H,13-14,17H2,1-2H3. The minimum absolute atomic E-state index is 0.0762. The van der Waals surface area contributed by atoms with Crippen LogP contribution in [0.3, 0.4) is 0 Å². The van der Waals surface area contributed by atoms with E-state index in [9.17, 15) is 4.79 Å². The van der Waals surface area contributed by atoms with Crippen LogP contribution in [0, 0.1) is 17.8 Å². The zero-order valence-corrected chi connectivity index (χ0v) is 25.3. The van der Waals surface area contributed by atoms with Crippen LogP contribution in [0.15, 0.2) is 82.1 Å². The van der Waals surface area contributed by atoms with E-state index in [4.69, 9.17) is 28.8 Å². The fourth-order valence-electron chi connectivity index (χ4n) is 4.82. The Bertz CT molecular complexity index is 1930. The number of hydrogen-bond acceptors (Lipinski definition) is 6. The quantitative estimate of drug-likeness (QED) is 0.103. The number of thiazole rings is 1. The van der Waals surface area contributed by atoms with Gasteiger partial charge in [-0.25, -0.2) is 4.98 Å². The molecule has 0 bridgehead atoms. The Morgan fingerprint density at radius 2 is 1.79 bits per heavy atom. The Morgan fingerprint density at radius 1 is 1.03 bits per heavy atom. The molecule has 3 aromatic heterocycles. The molecule has 0 fully saturated rings. The molecule has 0 amide bonds. The number of aromatic nitrogens is 3. The first kappa shape index (κ1) is 26.5. The molecule has 6 rings (SSSR count). The maximum atomic E-state index is 14.2. The molecule has 0 aliphatic heterocycles. The van der Waals surface area contributed by atoms with Crippen LogP contribution in [0.4, 0.5) is 0 Å². The highest BCUT2D eigenvalue weighted by molar-refractivity contribution is 7.98. The Balaban J connectivity index is 1.49. The minimum atomic E-state index is -0.0762. The summed E-state index contributed by atoms with van der Waals surface area (Å²) in [6.45, 7) is 4.74. The van der Waals surface area contributed by atoms with E-state index in [2.05, 4.69) is 23.6 Å². The second kappa shape index (κ2) is 11.0. The van der Waals surface area contributed by atoms with Crippen molar-refractivity contribution < 1.29 is 0 Å². The molecule has 3 aromatic carbocycles. The summed E-state index contributed by atoms with van der Waals surface area (Å²) in [4.78, 5) is 19.3. The van der Waals surface area contributed by atoms with E-state index in [0.29, 0.717) is 31.8 Å². The number of thiophene rings is 1. The van der Waals surface area contributed by atoms with E-state index in [1.54, 1.807) is 27.7 Å². The Kier molecular flexibility index (Phi) is 7.48. The van der Waals surface area contributed by atoms with Gasteiger partial charge in [0.15, 0.2) is 14.8 Å². The average Bonchev–Trinajstić information content (AvgIpc) is 3.47. The van der Waals surface area contributed by atoms with Gasteiger partial charge in [0, 0.05) is 22.0 Å². The molecule has 6 aromatic rings. The molecule has 4 nitrogen and oxygen atoms in total. The molecule has 0 aliphatic carbocycles. The lowest BCUT2D eigenvalue weighted by Gasteiger charge is -2.17. The number of rotatable bonds is 7. The predicted octanol–water partition coefficient (Wildman–Crippen LogP) is 9.00. The Labute approximate surface area is 248 Å². The van der Waals surface area contributed by atoms with Crippen molar-refractivity contribution in [1.82, 2.24) is 14.1 Å². The van der Waals surface area contributed by atoms with Crippen LogP contribution in [0.2, 0.25) is 5.02 Å². The van der Waals surface area contributed by atoms with Crippen molar-refractivity contribution >= 4 is 78.7 Å². The second-order valence-corrected chi connectivity index (χ2v) is 13.3. The third-order valence-electron chi connectivity index (χ3n) is 6.76. The van der Waals surface area contributed by atoms with Crippen molar-refractivity contribution in [2.75, 3.05) is 0 Å². The fraction of sp³-hybridized carbons (Fsp3) is 0.167. The molecule has 196 valence electrons. The lowest BCUT2D eigenvalue weighted by Crippen LogP contribution is -2.23. The molecule has 0 atom stereocenters. The van der Waals surface area contributed by atoms with Gasteiger partial charge in [-0.2, -0.15) is 0 Å². The highest BCUT2D eigenvalue weighted by atomic mass is 35.5. The van der Waals surface area contributed by atoms with Crippen molar-refractivity contribution in [3.05, 3.63) is 114 Å². The molecule has 0 N–H and O–H groups in total. The van der Waals surface area contributed by atoms with E-state index in [-0.39, 0.29) is 5.56 Å². The monoisotopic (exact) mass is 605 g/mol. The molecule has 39 heavy (non-hydrogen) atoms. The van der Waals surface area contributed by atoms with Gasteiger partial charge in [0.1, 0.15) is 4.70 Å². The Morgan fingerprint density at radius 3 is 2.56 bits per heavy atom. The molecular weight excluding hydrogens is 582 g/mol. The van der Waals surface area contributed by atoms with Crippen LogP contribution >= 0.6 is 58.3 Å². The van der Waals surface area contributed by atoms with Gasteiger partial charge in [-0.1, -0.05) is 83.2 Å². The smallest absolute Gasteiger partial charge is 0.278 e. The minimum Gasteiger partial charge on any atom is -0.307 e. The maximum Gasteiger partial charge on any atom is 0.278 e. The summed E-state index contributed by atoms with van der Waals surface area (Å²) in [5, 5.41) is 4.69. The number of thioether (sulfide) groups is 1. The summed E-state index contributed by atoms with van der Waals surface area (Å²) in [5.74, 6) is 0.665. The molecule has 3 heterocycles. The van der Waals surface area contributed by atoms with Crippen molar-refractivity contribution in [2.24, 2.45) is 0 Å². The lowest BCUT2D eigenvalue weighted by atomic mass is 10.1. The first-order valence-corrected chi connectivity index (χ1v) is 15.9. The van der Waals surface area contributed by atoms with Crippen LogP contribution in [0.1, 0.15) is 22.3 Å². The summed E-state index contributed by atoms with van der Waals surface area (Å²) in [6, 6.07) is 22.4. The topological polar surface area (TPSA) is 39.8 Å². The molecule has 0 spiro atoms. The zero-order chi connectivity index (χ0) is 27.1. The van der Waals surface area contributed by atoms with Crippen LogP contribution < -0.4 is 5.56 Å². The summed E-state index contributed by atoms with van der Waals surface area (Å²) >= 11 is 16.7. The number of fused-ring (bicyclic) bond motifs is 2. The van der Waals surface area contributed by atoms with E-state index < -0.39 is 0 Å². The van der Waals surface area contributed by atoms with Crippen LogP contribution in [-0.2, 0) is 18.7 Å². The zero-order valence-electron chi connectivity index (χ0n) is 21.3. The van der Waals surface area contributed by atoms with Gasteiger partial charge >= 0.3 is 0 Å². The fourth-order valence-corrected chi connectivity index (χ4v) is 8.33. The van der Waals surface area contributed by atoms with Crippen LogP contribution in [0.5, 0.6) is 0 Å². The third kappa shape index (κ3) is 5.12.